The lowest BCUT2D eigenvalue weighted by molar-refractivity contribution is 0.0953. The fraction of sp³-hybridized carbons (Fsp3) is 0.400. The molecule has 1 heterocycles. The first kappa shape index (κ1) is 10.3. The maximum atomic E-state index is 11.3. The zero-order chi connectivity index (χ0) is 10.4. The monoisotopic (exact) mass is 191 g/mol. The lowest BCUT2D eigenvalue weighted by Crippen LogP contribution is -2.24. The van der Waals surface area contributed by atoms with E-state index in [1.165, 1.54) is 0 Å². The summed E-state index contributed by atoms with van der Waals surface area (Å²) < 4.78 is 1.74. The van der Waals surface area contributed by atoms with Gasteiger partial charge in [-0.05, 0) is 12.5 Å². The molecule has 0 spiro atoms. The molecular formula is C10H13N3O. The predicted molar refractivity (Wildman–Crippen MR) is 53.7 cm³/mol. The van der Waals surface area contributed by atoms with E-state index in [-0.39, 0.29) is 12.5 Å². The smallest absolute Gasteiger partial charge is 0.272 e. The van der Waals surface area contributed by atoms with Gasteiger partial charge < -0.3 is 5.32 Å². The zero-order valence-electron chi connectivity index (χ0n) is 8.16. The summed E-state index contributed by atoms with van der Waals surface area (Å²) in [7, 11) is 0. The maximum Gasteiger partial charge on any atom is 0.272 e. The van der Waals surface area contributed by atoms with E-state index in [0.717, 1.165) is 13.0 Å². The zero-order valence-corrected chi connectivity index (χ0v) is 8.16. The number of nitrogens with one attached hydrogen (secondary N) is 1. The maximum absolute atomic E-state index is 11.3. The van der Waals surface area contributed by atoms with Crippen LogP contribution < -0.4 is 5.32 Å². The van der Waals surface area contributed by atoms with Crippen molar-refractivity contribution in [1.29, 1.82) is 0 Å². The molecule has 0 atom stereocenters. The molecule has 0 bridgehead atoms. The molecule has 0 aliphatic carbocycles. The van der Waals surface area contributed by atoms with Crippen LogP contribution in [0.2, 0.25) is 0 Å². The van der Waals surface area contributed by atoms with Gasteiger partial charge in [0.15, 0.2) is 0 Å². The lowest BCUT2D eigenvalue weighted by atomic mass is 10.4. The van der Waals surface area contributed by atoms with Crippen molar-refractivity contribution in [1.82, 2.24) is 15.1 Å². The summed E-state index contributed by atoms with van der Waals surface area (Å²) in [6.45, 7) is 3.11. The van der Waals surface area contributed by atoms with Gasteiger partial charge in [0.2, 0.25) is 0 Å². The van der Waals surface area contributed by atoms with Gasteiger partial charge in [-0.25, -0.2) is 0 Å². The van der Waals surface area contributed by atoms with Crippen LogP contribution in [0.1, 0.15) is 23.8 Å². The van der Waals surface area contributed by atoms with Crippen LogP contribution >= 0.6 is 0 Å². The van der Waals surface area contributed by atoms with Gasteiger partial charge in [-0.15, -0.1) is 6.42 Å². The molecule has 0 fully saturated rings. The Hall–Kier alpha value is -1.76. The molecule has 0 saturated heterocycles. The van der Waals surface area contributed by atoms with E-state index < -0.39 is 0 Å². The molecule has 0 radical (unpaired) electrons. The molecule has 0 aliphatic heterocycles. The molecule has 1 N–H and O–H groups in total. The van der Waals surface area contributed by atoms with Gasteiger partial charge in [0, 0.05) is 12.7 Å². The molecule has 0 unspecified atom stereocenters. The lowest BCUT2D eigenvalue weighted by Gasteiger charge is -1.97. The van der Waals surface area contributed by atoms with Gasteiger partial charge in [-0.3, -0.25) is 9.48 Å². The predicted octanol–water partition coefficient (Wildman–Crippen LogP) is 0.656. The third kappa shape index (κ3) is 2.63. The fourth-order valence-corrected chi connectivity index (χ4v) is 1.06. The second-order valence-electron chi connectivity index (χ2n) is 2.85. The Balaban J connectivity index is 2.58. The van der Waals surface area contributed by atoms with E-state index in [1.54, 1.807) is 16.9 Å². The normalized spacial score (nSPS) is 9.43. The van der Waals surface area contributed by atoms with E-state index in [9.17, 15) is 4.79 Å². The molecular weight excluding hydrogens is 178 g/mol. The van der Waals surface area contributed by atoms with E-state index in [2.05, 4.69) is 23.3 Å². The number of carbonyl (C=O) groups excluding carboxylic acids is 1. The van der Waals surface area contributed by atoms with Crippen LogP contribution in [0.15, 0.2) is 12.3 Å². The van der Waals surface area contributed by atoms with Gasteiger partial charge in [0.25, 0.3) is 5.91 Å². The number of rotatable bonds is 4. The molecule has 4 heteroatoms. The summed E-state index contributed by atoms with van der Waals surface area (Å²) in [5.41, 5.74) is 0.411. The molecule has 1 aromatic heterocycles. The van der Waals surface area contributed by atoms with Crippen molar-refractivity contribution in [3.05, 3.63) is 18.0 Å². The Labute approximate surface area is 83.3 Å². The molecule has 0 saturated carbocycles. The molecule has 74 valence electrons. The number of aryl methyl sites for hydroxylation is 1. The highest BCUT2D eigenvalue weighted by molar-refractivity contribution is 5.92. The van der Waals surface area contributed by atoms with E-state index in [1.807, 2.05) is 0 Å². The average Bonchev–Trinajstić information content (AvgIpc) is 2.63. The summed E-state index contributed by atoms with van der Waals surface area (Å²) in [5, 5.41) is 6.64. The Morgan fingerprint density at radius 2 is 2.57 bits per heavy atom. The summed E-state index contributed by atoms with van der Waals surface area (Å²) in [6, 6.07) is 1.68. The van der Waals surface area contributed by atoms with E-state index in [4.69, 9.17) is 6.42 Å². The van der Waals surface area contributed by atoms with Gasteiger partial charge in [0.05, 0.1) is 6.54 Å². The number of aromatic nitrogens is 2. The second kappa shape index (κ2) is 5.07. The van der Waals surface area contributed by atoms with Gasteiger partial charge in [-0.2, -0.15) is 5.10 Å². The highest BCUT2D eigenvalue weighted by Crippen LogP contribution is 1.96. The number of hydrogen-bond donors (Lipinski definition) is 1. The molecule has 1 rings (SSSR count). The summed E-state index contributed by atoms with van der Waals surface area (Å²) in [6.07, 6.45) is 7.80. The van der Waals surface area contributed by atoms with Crippen LogP contribution in [-0.4, -0.2) is 22.2 Å². The minimum atomic E-state index is -0.224. The van der Waals surface area contributed by atoms with Crippen molar-refractivity contribution in [3.8, 4) is 12.3 Å². The Morgan fingerprint density at radius 3 is 3.21 bits per heavy atom. The first-order valence-corrected chi connectivity index (χ1v) is 4.53. The van der Waals surface area contributed by atoms with Gasteiger partial charge >= 0.3 is 0 Å². The molecule has 1 aromatic rings. The number of terminal acetylenes is 1. The minimum Gasteiger partial charge on any atom is -0.340 e. The van der Waals surface area contributed by atoms with Crippen LogP contribution in [0, 0.1) is 12.3 Å². The SMILES string of the molecule is C#CCNC(=O)c1ccn(CCC)n1. The summed E-state index contributed by atoms with van der Waals surface area (Å²) >= 11 is 0. The second-order valence-corrected chi connectivity index (χ2v) is 2.85. The number of hydrogen-bond acceptors (Lipinski definition) is 2. The topological polar surface area (TPSA) is 46.9 Å². The van der Waals surface area contributed by atoms with Crippen LogP contribution in [-0.2, 0) is 6.54 Å². The summed E-state index contributed by atoms with van der Waals surface area (Å²) in [5.74, 6) is 2.11. The molecule has 0 aromatic carbocycles. The highest BCUT2D eigenvalue weighted by Gasteiger charge is 2.07. The Kier molecular flexibility index (Phi) is 3.74. The number of carbonyl (C=O) groups is 1. The Morgan fingerprint density at radius 1 is 1.79 bits per heavy atom. The Bertz CT molecular complexity index is 348. The molecule has 1 amide bonds. The standard InChI is InChI=1S/C10H13N3O/c1-3-6-11-10(14)9-5-8-13(12-9)7-4-2/h1,5,8H,4,6-7H2,2H3,(H,11,14). The highest BCUT2D eigenvalue weighted by atomic mass is 16.1. The van der Waals surface area contributed by atoms with Crippen LogP contribution in [0.4, 0.5) is 0 Å². The first-order chi connectivity index (χ1) is 6.77. The van der Waals surface area contributed by atoms with Crippen molar-refractivity contribution in [3.63, 3.8) is 0 Å². The third-order valence-electron chi connectivity index (χ3n) is 1.68. The van der Waals surface area contributed by atoms with Crippen molar-refractivity contribution in [2.24, 2.45) is 0 Å². The molecule has 14 heavy (non-hydrogen) atoms. The molecule has 0 aliphatic rings. The van der Waals surface area contributed by atoms with Crippen LogP contribution in [0.5, 0.6) is 0 Å². The van der Waals surface area contributed by atoms with Crippen LogP contribution in [0.3, 0.4) is 0 Å². The van der Waals surface area contributed by atoms with Crippen molar-refractivity contribution in [2.45, 2.75) is 19.9 Å². The third-order valence-corrected chi connectivity index (χ3v) is 1.68. The van der Waals surface area contributed by atoms with E-state index in [0.29, 0.717) is 5.69 Å². The van der Waals surface area contributed by atoms with Crippen LogP contribution in [0.25, 0.3) is 0 Å². The first-order valence-electron chi connectivity index (χ1n) is 4.53. The minimum absolute atomic E-state index is 0.224. The van der Waals surface area contributed by atoms with Crippen molar-refractivity contribution >= 4 is 5.91 Å². The van der Waals surface area contributed by atoms with Crippen molar-refractivity contribution < 1.29 is 4.79 Å². The van der Waals surface area contributed by atoms with E-state index >= 15 is 0 Å². The number of nitrogens with zero attached hydrogens (tertiary/aromatic N) is 2. The van der Waals surface area contributed by atoms with Gasteiger partial charge in [0.1, 0.15) is 5.69 Å². The average molecular weight is 191 g/mol. The number of amides is 1. The summed E-state index contributed by atoms with van der Waals surface area (Å²) in [4.78, 5) is 11.3. The quantitative estimate of drug-likeness (QED) is 0.710. The largest absolute Gasteiger partial charge is 0.340 e. The molecule has 4 nitrogen and oxygen atoms in total. The fourth-order valence-electron chi connectivity index (χ4n) is 1.06. The van der Waals surface area contributed by atoms with Crippen molar-refractivity contribution in [2.75, 3.05) is 6.54 Å². The van der Waals surface area contributed by atoms with Gasteiger partial charge in [-0.1, -0.05) is 12.8 Å².